The molecule has 2 heterocycles. The van der Waals surface area contributed by atoms with Crippen LogP contribution < -0.4 is 15.0 Å². The molecular formula is C23H27N5O. The molecule has 3 aromatic rings. The quantitative estimate of drug-likeness (QED) is 0.687. The van der Waals surface area contributed by atoms with E-state index >= 15 is 0 Å². The van der Waals surface area contributed by atoms with Gasteiger partial charge in [0.15, 0.2) is 0 Å². The molecule has 1 aliphatic heterocycles. The number of ether oxygens (including phenoxy) is 1. The number of aromatic nitrogens is 2. The van der Waals surface area contributed by atoms with Crippen LogP contribution in [0.2, 0.25) is 0 Å². The van der Waals surface area contributed by atoms with Crippen LogP contribution >= 0.6 is 0 Å². The Morgan fingerprint density at radius 3 is 2.45 bits per heavy atom. The fraction of sp³-hybridized carbons (Fsp3) is 0.304. The summed E-state index contributed by atoms with van der Waals surface area (Å²) in [6.07, 6.45) is 0. The number of benzene rings is 2. The van der Waals surface area contributed by atoms with Crippen molar-refractivity contribution in [2.45, 2.75) is 6.92 Å². The molecular weight excluding hydrogens is 362 g/mol. The first kappa shape index (κ1) is 19.2. The lowest BCUT2D eigenvalue weighted by Crippen LogP contribution is -2.46. The van der Waals surface area contributed by atoms with Gasteiger partial charge >= 0.3 is 0 Å². The van der Waals surface area contributed by atoms with E-state index in [1.54, 1.807) is 7.11 Å². The summed E-state index contributed by atoms with van der Waals surface area (Å²) in [5.74, 6) is 2.36. The zero-order valence-corrected chi connectivity index (χ0v) is 17.0. The molecule has 0 radical (unpaired) electrons. The zero-order valence-electron chi connectivity index (χ0n) is 17.0. The lowest BCUT2D eigenvalue weighted by Gasteiger charge is -2.34. The number of methoxy groups -OCH3 is 1. The van der Waals surface area contributed by atoms with Gasteiger partial charge in [0.1, 0.15) is 11.6 Å². The summed E-state index contributed by atoms with van der Waals surface area (Å²) in [7, 11) is 1.67. The molecule has 6 heteroatoms. The van der Waals surface area contributed by atoms with Crippen LogP contribution in [0.4, 0.5) is 17.5 Å². The Kier molecular flexibility index (Phi) is 5.91. The number of rotatable bonds is 6. The average Bonchev–Trinajstić information content (AvgIpc) is 2.79. The molecule has 0 bridgehead atoms. The van der Waals surface area contributed by atoms with Gasteiger partial charge in [-0.1, -0.05) is 43.3 Å². The van der Waals surface area contributed by atoms with Gasteiger partial charge in [0, 0.05) is 49.6 Å². The van der Waals surface area contributed by atoms with E-state index in [1.165, 1.54) is 0 Å². The second-order valence-electron chi connectivity index (χ2n) is 7.08. The fourth-order valence-electron chi connectivity index (χ4n) is 3.51. The van der Waals surface area contributed by atoms with Crippen LogP contribution in [-0.4, -0.2) is 54.7 Å². The molecule has 1 fully saturated rings. The Balaban J connectivity index is 1.66. The van der Waals surface area contributed by atoms with Crippen molar-refractivity contribution < 1.29 is 4.74 Å². The van der Waals surface area contributed by atoms with Crippen molar-refractivity contribution in [2.75, 3.05) is 50.1 Å². The summed E-state index contributed by atoms with van der Waals surface area (Å²) in [4.78, 5) is 14.4. The lowest BCUT2D eigenvalue weighted by molar-refractivity contribution is 0.270. The van der Waals surface area contributed by atoms with Crippen molar-refractivity contribution in [1.29, 1.82) is 0 Å². The number of anilines is 3. The van der Waals surface area contributed by atoms with Crippen LogP contribution in [0.5, 0.6) is 5.75 Å². The minimum atomic E-state index is 0.771. The van der Waals surface area contributed by atoms with E-state index in [0.717, 1.165) is 67.2 Å². The molecule has 0 amide bonds. The van der Waals surface area contributed by atoms with Crippen LogP contribution in [0.1, 0.15) is 6.92 Å². The van der Waals surface area contributed by atoms with Gasteiger partial charge in [0.25, 0.3) is 0 Å². The van der Waals surface area contributed by atoms with Gasteiger partial charge in [-0.05, 0) is 18.7 Å². The third kappa shape index (κ3) is 4.66. The smallest absolute Gasteiger partial charge is 0.227 e. The van der Waals surface area contributed by atoms with Crippen molar-refractivity contribution in [3.05, 3.63) is 60.7 Å². The zero-order chi connectivity index (χ0) is 20.1. The summed E-state index contributed by atoms with van der Waals surface area (Å²) < 4.78 is 5.34. The Morgan fingerprint density at radius 1 is 0.931 bits per heavy atom. The van der Waals surface area contributed by atoms with Gasteiger partial charge in [0.2, 0.25) is 5.95 Å². The second kappa shape index (κ2) is 8.92. The maximum absolute atomic E-state index is 5.34. The predicted octanol–water partition coefficient (Wildman–Crippen LogP) is 4.04. The first-order chi connectivity index (χ1) is 14.2. The van der Waals surface area contributed by atoms with Crippen LogP contribution in [0.15, 0.2) is 60.7 Å². The maximum Gasteiger partial charge on any atom is 0.227 e. The average molecular weight is 390 g/mol. The highest BCUT2D eigenvalue weighted by molar-refractivity contribution is 5.68. The van der Waals surface area contributed by atoms with Crippen molar-refractivity contribution >= 4 is 17.5 Å². The maximum atomic E-state index is 5.34. The van der Waals surface area contributed by atoms with Crippen LogP contribution in [-0.2, 0) is 0 Å². The number of hydrogen-bond donors (Lipinski definition) is 1. The van der Waals surface area contributed by atoms with Gasteiger partial charge in [-0.25, -0.2) is 4.98 Å². The number of likely N-dealkylation sites (N-methyl/N-ethyl adjacent to an activating group) is 1. The third-order valence-corrected chi connectivity index (χ3v) is 5.23. The van der Waals surface area contributed by atoms with Gasteiger partial charge in [-0.3, -0.25) is 0 Å². The summed E-state index contributed by atoms with van der Waals surface area (Å²) in [5, 5.41) is 3.42. The molecule has 6 nitrogen and oxygen atoms in total. The standard InChI is InChI=1S/C23H27N5O/c1-3-27-12-14-28(15-13-27)23-25-21(18-8-5-4-6-9-18)17-22(26-23)24-19-10-7-11-20(16-19)29-2/h4-11,16-17H,3,12-15H2,1-2H3,(H,24,25,26). The SMILES string of the molecule is CCN1CCN(c2nc(Nc3cccc(OC)c3)cc(-c3ccccc3)n2)CC1. The van der Waals surface area contributed by atoms with Gasteiger partial charge < -0.3 is 19.9 Å². The van der Waals surface area contributed by atoms with Crippen LogP contribution in [0, 0.1) is 0 Å². The topological polar surface area (TPSA) is 53.5 Å². The van der Waals surface area contributed by atoms with Crippen molar-refractivity contribution in [2.24, 2.45) is 0 Å². The molecule has 150 valence electrons. The first-order valence-electron chi connectivity index (χ1n) is 10.1. The predicted molar refractivity (Wildman–Crippen MR) is 118 cm³/mol. The highest BCUT2D eigenvalue weighted by Gasteiger charge is 2.19. The number of piperazine rings is 1. The van der Waals surface area contributed by atoms with E-state index in [-0.39, 0.29) is 0 Å². The Morgan fingerprint density at radius 2 is 1.72 bits per heavy atom. The van der Waals surface area contributed by atoms with Gasteiger partial charge in [-0.2, -0.15) is 4.98 Å². The third-order valence-electron chi connectivity index (χ3n) is 5.23. The normalized spacial score (nSPS) is 14.6. The van der Waals surface area contributed by atoms with Crippen molar-refractivity contribution in [3.63, 3.8) is 0 Å². The molecule has 0 unspecified atom stereocenters. The number of hydrogen-bond acceptors (Lipinski definition) is 6. The van der Waals surface area contributed by atoms with E-state index in [2.05, 4.69) is 34.2 Å². The summed E-state index contributed by atoms with van der Waals surface area (Å²) in [5.41, 5.74) is 2.93. The van der Waals surface area contributed by atoms with Crippen molar-refractivity contribution in [3.8, 4) is 17.0 Å². The molecule has 2 aromatic carbocycles. The molecule has 1 aliphatic rings. The highest BCUT2D eigenvalue weighted by atomic mass is 16.5. The van der Waals surface area contributed by atoms with Crippen molar-refractivity contribution in [1.82, 2.24) is 14.9 Å². The van der Waals surface area contributed by atoms with E-state index in [0.29, 0.717) is 0 Å². The second-order valence-corrected chi connectivity index (χ2v) is 7.08. The molecule has 1 N–H and O–H groups in total. The van der Waals surface area contributed by atoms with Crippen LogP contribution in [0.25, 0.3) is 11.3 Å². The summed E-state index contributed by atoms with van der Waals surface area (Å²) in [6, 6.07) is 20.1. The molecule has 4 rings (SSSR count). The van der Waals surface area contributed by atoms with E-state index < -0.39 is 0 Å². The molecule has 1 saturated heterocycles. The highest BCUT2D eigenvalue weighted by Crippen LogP contribution is 2.26. The molecule has 0 aliphatic carbocycles. The monoisotopic (exact) mass is 389 g/mol. The molecule has 0 spiro atoms. The molecule has 29 heavy (non-hydrogen) atoms. The largest absolute Gasteiger partial charge is 0.497 e. The minimum Gasteiger partial charge on any atom is -0.497 e. The van der Waals surface area contributed by atoms with Gasteiger partial charge in [-0.15, -0.1) is 0 Å². The lowest BCUT2D eigenvalue weighted by atomic mass is 10.1. The fourth-order valence-corrected chi connectivity index (χ4v) is 3.51. The van der Waals surface area contributed by atoms with Gasteiger partial charge in [0.05, 0.1) is 12.8 Å². The van der Waals surface area contributed by atoms with E-state index in [9.17, 15) is 0 Å². The summed E-state index contributed by atoms with van der Waals surface area (Å²) >= 11 is 0. The van der Waals surface area contributed by atoms with E-state index in [4.69, 9.17) is 14.7 Å². The summed E-state index contributed by atoms with van der Waals surface area (Å²) in [6.45, 7) is 7.23. The number of nitrogens with one attached hydrogen (secondary N) is 1. The molecule has 1 aromatic heterocycles. The Bertz CT molecular complexity index is 939. The Labute approximate surface area is 172 Å². The van der Waals surface area contributed by atoms with E-state index in [1.807, 2.05) is 48.5 Å². The Hall–Kier alpha value is -3.12. The number of nitrogens with zero attached hydrogens (tertiary/aromatic N) is 4. The van der Waals surface area contributed by atoms with Crippen LogP contribution in [0.3, 0.4) is 0 Å². The minimum absolute atomic E-state index is 0.771. The molecule has 0 atom stereocenters. The first-order valence-corrected chi connectivity index (χ1v) is 10.1. The molecule has 0 saturated carbocycles.